The van der Waals surface area contributed by atoms with E-state index in [1.807, 2.05) is 60.7 Å². The second kappa shape index (κ2) is 9.30. The summed E-state index contributed by atoms with van der Waals surface area (Å²) in [5.74, 6) is 1.02. The molecule has 0 bridgehead atoms. The Morgan fingerprint density at radius 3 is 2.67 bits per heavy atom. The van der Waals surface area contributed by atoms with Crippen LogP contribution in [0.3, 0.4) is 0 Å². The lowest BCUT2D eigenvalue weighted by Gasteiger charge is -2.26. The molecule has 0 fully saturated rings. The number of nitriles is 1. The molecule has 0 aliphatic carbocycles. The number of amides is 1. The average molecular weight is 363 g/mol. The third-order valence-electron chi connectivity index (χ3n) is 4.07. The number of nitrogens with zero attached hydrogens (tertiary/aromatic N) is 1. The molecule has 1 aliphatic rings. The highest BCUT2D eigenvalue weighted by atomic mass is 16.6. The quantitative estimate of drug-likeness (QED) is 0.582. The van der Waals surface area contributed by atoms with Crippen LogP contribution in [0.4, 0.5) is 0 Å². The van der Waals surface area contributed by atoms with E-state index in [1.54, 1.807) is 0 Å². The lowest BCUT2D eigenvalue weighted by Crippen LogP contribution is -2.37. The number of carbonyl (C=O) groups is 1. The first-order chi connectivity index (χ1) is 13.3. The van der Waals surface area contributed by atoms with Crippen molar-refractivity contribution in [1.82, 2.24) is 10.6 Å². The fourth-order valence-corrected chi connectivity index (χ4v) is 2.66. The van der Waals surface area contributed by atoms with Gasteiger partial charge in [0.25, 0.3) is 5.91 Å². The second-order valence-electron chi connectivity index (χ2n) is 6.07. The van der Waals surface area contributed by atoms with Crippen LogP contribution in [0.1, 0.15) is 5.56 Å². The molecule has 138 valence electrons. The van der Waals surface area contributed by atoms with Crippen molar-refractivity contribution in [1.29, 1.82) is 5.26 Å². The van der Waals surface area contributed by atoms with Crippen LogP contribution in [-0.4, -0.2) is 31.7 Å². The Hall–Kier alpha value is -3.46. The summed E-state index contributed by atoms with van der Waals surface area (Å²) >= 11 is 0. The molecule has 6 heteroatoms. The van der Waals surface area contributed by atoms with Gasteiger partial charge >= 0.3 is 0 Å². The first kappa shape index (κ1) is 18.3. The van der Waals surface area contributed by atoms with Crippen molar-refractivity contribution in [2.75, 3.05) is 19.7 Å². The molecule has 0 saturated carbocycles. The summed E-state index contributed by atoms with van der Waals surface area (Å²) in [7, 11) is 0. The maximum atomic E-state index is 12.1. The summed E-state index contributed by atoms with van der Waals surface area (Å²) < 4.78 is 11.5. The molecule has 2 N–H and O–H groups in total. The predicted molar refractivity (Wildman–Crippen MR) is 101 cm³/mol. The van der Waals surface area contributed by atoms with Gasteiger partial charge in [-0.2, -0.15) is 5.26 Å². The minimum atomic E-state index is -0.396. The molecule has 1 unspecified atom stereocenters. The highest BCUT2D eigenvalue weighted by Crippen LogP contribution is 2.30. The number of rotatable bonds is 7. The Kier molecular flexibility index (Phi) is 6.31. The maximum Gasteiger partial charge on any atom is 0.263 e. The highest BCUT2D eigenvalue weighted by molar-refractivity contribution is 5.97. The zero-order valence-corrected chi connectivity index (χ0v) is 14.9. The Balaban J connectivity index is 1.44. The Bertz CT molecular complexity index is 843. The first-order valence-electron chi connectivity index (χ1n) is 8.80. The molecule has 3 rings (SSSR count). The van der Waals surface area contributed by atoms with E-state index in [0.717, 1.165) is 11.3 Å². The van der Waals surface area contributed by atoms with Gasteiger partial charge in [-0.15, -0.1) is 0 Å². The number of para-hydroxylation sites is 2. The van der Waals surface area contributed by atoms with Crippen molar-refractivity contribution in [3.63, 3.8) is 0 Å². The van der Waals surface area contributed by atoms with E-state index in [0.29, 0.717) is 31.9 Å². The Morgan fingerprint density at radius 2 is 1.89 bits per heavy atom. The van der Waals surface area contributed by atoms with Gasteiger partial charge in [0.05, 0.1) is 6.54 Å². The van der Waals surface area contributed by atoms with Gasteiger partial charge in [-0.25, -0.2) is 0 Å². The van der Waals surface area contributed by atoms with Crippen molar-refractivity contribution in [2.45, 2.75) is 12.5 Å². The number of ether oxygens (including phenoxy) is 2. The number of hydrogen-bond donors (Lipinski definition) is 2. The predicted octanol–water partition coefficient (Wildman–Crippen LogP) is 2.18. The minimum Gasteiger partial charge on any atom is -0.486 e. The van der Waals surface area contributed by atoms with Crippen LogP contribution in [0.25, 0.3) is 0 Å². The molecule has 0 saturated heterocycles. The molecule has 2 aromatic carbocycles. The summed E-state index contributed by atoms with van der Waals surface area (Å²) in [5, 5.41) is 14.9. The molecular formula is C21H21N3O3. The normalized spacial score (nSPS) is 15.5. The summed E-state index contributed by atoms with van der Waals surface area (Å²) in [6, 6.07) is 19.2. The van der Waals surface area contributed by atoms with Gasteiger partial charge in [0, 0.05) is 12.7 Å². The SMILES string of the molecule is N#C/C(=C/NCC1COc2ccccc2O1)C(=O)NCCc1ccccc1. The van der Waals surface area contributed by atoms with E-state index < -0.39 is 5.91 Å². The third-order valence-corrected chi connectivity index (χ3v) is 4.07. The van der Waals surface area contributed by atoms with Gasteiger partial charge in [-0.05, 0) is 24.1 Å². The third kappa shape index (κ3) is 5.25. The second-order valence-corrected chi connectivity index (χ2v) is 6.07. The Morgan fingerprint density at radius 1 is 1.15 bits per heavy atom. The van der Waals surface area contributed by atoms with Crippen molar-refractivity contribution >= 4 is 5.91 Å². The van der Waals surface area contributed by atoms with E-state index in [2.05, 4.69) is 10.6 Å². The van der Waals surface area contributed by atoms with Gasteiger partial charge < -0.3 is 20.1 Å². The molecule has 0 radical (unpaired) electrons. The van der Waals surface area contributed by atoms with Gasteiger partial charge in [0.15, 0.2) is 11.5 Å². The van der Waals surface area contributed by atoms with E-state index in [1.165, 1.54) is 6.20 Å². The zero-order valence-electron chi connectivity index (χ0n) is 14.9. The van der Waals surface area contributed by atoms with Crippen molar-refractivity contribution < 1.29 is 14.3 Å². The van der Waals surface area contributed by atoms with Gasteiger partial charge in [0.2, 0.25) is 0 Å². The molecule has 1 amide bonds. The molecule has 6 nitrogen and oxygen atoms in total. The smallest absolute Gasteiger partial charge is 0.263 e. The van der Waals surface area contributed by atoms with Gasteiger partial charge in [-0.1, -0.05) is 42.5 Å². The molecule has 1 atom stereocenters. The van der Waals surface area contributed by atoms with E-state index >= 15 is 0 Å². The number of fused-ring (bicyclic) bond motifs is 1. The highest BCUT2D eigenvalue weighted by Gasteiger charge is 2.20. The average Bonchev–Trinajstić information content (AvgIpc) is 2.72. The van der Waals surface area contributed by atoms with Crippen LogP contribution in [0.5, 0.6) is 11.5 Å². The number of carbonyl (C=O) groups excluding carboxylic acids is 1. The van der Waals surface area contributed by atoms with E-state index in [-0.39, 0.29) is 11.7 Å². The first-order valence-corrected chi connectivity index (χ1v) is 8.80. The molecular weight excluding hydrogens is 342 g/mol. The van der Waals surface area contributed by atoms with E-state index in [9.17, 15) is 10.1 Å². The summed E-state index contributed by atoms with van der Waals surface area (Å²) in [5.41, 5.74) is 1.16. The van der Waals surface area contributed by atoms with E-state index in [4.69, 9.17) is 9.47 Å². The van der Waals surface area contributed by atoms with Crippen molar-refractivity contribution in [2.24, 2.45) is 0 Å². The largest absolute Gasteiger partial charge is 0.486 e. The molecule has 0 aromatic heterocycles. The topological polar surface area (TPSA) is 83.4 Å². The minimum absolute atomic E-state index is 0.0280. The summed E-state index contributed by atoms with van der Waals surface area (Å²) in [4.78, 5) is 12.1. The lowest BCUT2D eigenvalue weighted by molar-refractivity contribution is -0.117. The summed E-state index contributed by atoms with van der Waals surface area (Å²) in [6.07, 6.45) is 1.94. The van der Waals surface area contributed by atoms with Crippen LogP contribution in [-0.2, 0) is 11.2 Å². The molecule has 2 aromatic rings. The molecule has 27 heavy (non-hydrogen) atoms. The van der Waals surface area contributed by atoms with Crippen LogP contribution in [0.15, 0.2) is 66.4 Å². The summed E-state index contributed by atoms with van der Waals surface area (Å²) in [6.45, 7) is 1.30. The van der Waals surface area contributed by atoms with Crippen LogP contribution in [0, 0.1) is 11.3 Å². The zero-order chi connectivity index (χ0) is 18.9. The Labute approximate surface area is 158 Å². The monoisotopic (exact) mass is 363 g/mol. The molecule has 0 spiro atoms. The molecule has 1 heterocycles. The van der Waals surface area contributed by atoms with Gasteiger partial charge in [0.1, 0.15) is 24.4 Å². The number of hydrogen-bond acceptors (Lipinski definition) is 5. The maximum absolute atomic E-state index is 12.1. The molecule has 1 aliphatic heterocycles. The van der Waals surface area contributed by atoms with Crippen LogP contribution >= 0.6 is 0 Å². The standard InChI is InChI=1S/C21H21N3O3/c22-12-17(21(25)24-11-10-16-6-2-1-3-7-16)13-23-14-18-15-26-19-8-4-5-9-20(19)27-18/h1-9,13,18,23H,10-11,14-15H2,(H,24,25)/b17-13-. The van der Waals surface area contributed by atoms with Crippen molar-refractivity contribution in [3.8, 4) is 17.6 Å². The number of benzene rings is 2. The fourth-order valence-electron chi connectivity index (χ4n) is 2.66. The van der Waals surface area contributed by atoms with Crippen LogP contribution < -0.4 is 20.1 Å². The van der Waals surface area contributed by atoms with Crippen molar-refractivity contribution in [3.05, 3.63) is 71.9 Å². The van der Waals surface area contributed by atoms with Gasteiger partial charge in [-0.3, -0.25) is 4.79 Å². The van der Waals surface area contributed by atoms with Crippen LogP contribution in [0.2, 0.25) is 0 Å². The fraction of sp³-hybridized carbons (Fsp3) is 0.238. The number of nitrogens with one attached hydrogen (secondary N) is 2. The lowest BCUT2D eigenvalue weighted by atomic mass is 10.1.